The van der Waals surface area contributed by atoms with Crippen LogP contribution in [0.5, 0.6) is 0 Å². The number of halogens is 1. The van der Waals surface area contributed by atoms with Gasteiger partial charge >= 0.3 is 0 Å². The lowest BCUT2D eigenvalue weighted by molar-refractivity contribution is 0.254. The van der Waals surface area contributed by atoms with Crippen molar-refractivity contribution in [2.24, 2.45) is 0 Å². The van der Waals surface area contributed by atoms with Gasteiger partial charge in [-0.15, -0.1) is 0 Å². The van der Waals surface area contributed by atoms with Crippen LogP contribution in [-0.2, 0) is 0 Å². The van der Waals surface area contributed by atoms with Crippen molar-refractivity contribution >= 4 is 23.2 Å². The van der Waals surface area contributed by atoms with E-state index in [0.717, 1.165) is 62.7 Å². The van der Waals surface area contributed by atoms with Gasteiger partial charge in [-0.1, -0.05) is 29.8 Å². The fourth-order valence-electron chi connectivity index (χ4n) is 3.54. The number of unbranched alkanes of at least 4 members (excludes halogenated alkanes) is 1. The minimum Gasteiger partial charge on any atom is -0.369 e. The first-order valence-electron chi connectivity index (χ1n) is 10.1. The Labute approximate surface area is 176 Å². The Hall–Kier alpha value is -2.57. The normalized spacial score (nSPS) is 14.9. The molecule has 0 amide bonds. The van der Waals surface area contributed by atoms with Crippen molar-refractivity contribution in [1.82, 2.24) is 15.0 Å². The molecule has 1 aliphatic rings. The van der Waals surface area contributed by atoms with E-state index in [1.807, 2.05) is 42.5 Å². The first-order valence-corrected chi connectivity index (χ1v) is 10.5. The number of benzene rings is 2. The summed E-state index contributed by atoms with van der Waals surface area (Å²) in [7, 11) is 0. The summed E-state index contributed by atoms with van der Waals surface area (Å²) in [6, 6.07) is 17.9. The fraction of sp³-hybridized carbons (Fsp3) is 0.364. The molecule has 0 unspecified atom stereocenters. The molecule has 1 saturated heterocycles. The molecule has 4 rings (SSSR count). The predicted octanol–water partition coefficient (Wildman–Crippen LogP) is 4.40. The van der Waals surface area contributed by atoms with Gasteiger partial charge in [0.2, 0.25) is 0 Å². The van der Waals surface area contributed by atoms with Gasteiger partial charge in [0, 0.05) is 49.0 Å². The molecule has 3 aromatic rings. The van der Waals surface area contributed by atoms with Crippen molar-refractivity contribution in [2.45, 2.75) is 12.8 Å². The van der Waals surface area contributed by atoms with E-state index >= 15 is 0 Å². The molecular weight excluding hydrogens is 386 g/mol. The molecule has 2 aromatic carbocycles. The van der Waals surface area contributed by atoms with Crippen LogP contribution < -0.4 is 10.2 Å². The molecule has 2 heterocycles. The topological polar surface area (TPSA) is 57.4 Å². The number of rotatable bonds is 8. The quantitative estimate of drug-likeness (QED) is 0.554. The summed E-state index contributed by atoms with van der Waals surface area (Å²) in [5.74, 6) is 1.10. The van der Waals surface area contributed by atoms with Crippen LogP contribution in [-0.4, -0.2) is 54.3 Å². The second kappa shape index (κ2) is 9.76. The van der Waals surface area contributed by atoms with Gasteiger partial charge in [-0.05, 0) is 60.9 Å². The van der Waals surface area contributed by atoms with Crippen LogP contribution in [0.3, 0.4) is 0 Å². The third-order valence-corrected chi connectivity index (χ3v) is 5.45. The molecule has 6 nitrogen and oxygen atoms in total. The van der Waals surface area contributed by atoms with E-state index in [9.17, 15) is 0 Å². The zero-order valence-corrected chi connectivity index (χ0v) is 17.2. The standard InChI is InChI=1S/C22H26ClN5O/c23-19-8-10-20(11-9-19)28-16-14-27(15-17-28)13-5-4-12-24-22-25-21(29-26-22)18-6-2-1-3-7-18/h1-3,6-11H,4-5,12-17H2,(H,24,26). The van der Waals surface area contributed by atoms with E-state index in [4.69, 9.17) is 16.1 Å². The molecule has 0 spiro atoms. The highest BCUT2D eigenvalue weighted by Gasteiger charge is 2.16. The summed E-state index contributed by atoms with van der Waals surface area (Å²) in [5, 5.41) is 8.04. The van der Waals surface area contributed by atoms with Crippen LogP contribution >= 0.6 is 11.6 Å². The zero-order valence-electron chi connectivity index (χ0n) is 16.4. The Morgan fingerprint density at radius 2 is 1.69 bits per heavy atom. The lowest BCUT2D eigenvalue weighted by Crippen LogP contribution is -2.46. The molecule has 1 fully saturated rings. The number of hydrogen-bond donors (Lipinski definition) is 1. The van der Waals surface area contributed by atoms with Crippen LogP contribution in [0.15, 0.2) is 59.1 Å². The molecule has 1 aliphatic heterocycles. The van der Waals surface area contributed by atoms with E-state index < -0.39 is 0 Å². The molecule has 0 bridgehead atoms. The summed E-state index contributed by atoms with van der Waals surface area (Å²) >= 11 is 5.98. The van der Waals surface area contributed by atoms with E-state index in [1.165, 1.54) is 5.69 Å². The van der Waals surface area contributed by atoms with Gasteiger partial charge in [0.1, 0.15) is 0 Å². The number of nitrogens with one attached hydrogen (secondary N) is 1. The number of nitrogens with zero attached hydrogens (tertiary/aromatic N) is 4. The maximum absolute atomic E-state index is 5.98. The Bertz CT molecular complexity index is 876. The second-order valence-electron chi connectivity index (χ2n) is 7.23. The molecular formula is C22H26ClN5O. The van der Waals surface area contributed by atoms with Gasteiger partial charge in [0.15, 0.2) is 0 Å². The Morgan fingerprint density at radius 1 is 0.931 bits per heavy atom. The van der Waals surface area contributed by atoms with Crippen LogP contribution in [0.25, 0.3) is 11.5 Å². The highest BCUT2D eigenvalue weighted by molar-refractivity contribution is 6.30. The molecule has 29 heavy (non-hydrogen) atoms. The van der Waals surface area contributed by atoms with Crippen molar-refractivity contribution in [3.8, 4) is 11.5 Å². The van der Waals surface area contributed by atoms with Crippen LogP contribution in [0.4, 0.5) is 11.6 Å². The third kappa shape index (κ3) is 5.49. The highest BCUT2D eigenvalue weighted by Crippen LogP contribution is 2.20. The van der Waals surface area contributed by atoms with Crippen molar-refractivity contribution in [3.05, 3.63) is 59.6 Å². The minimum absolute atomic E-state index is 0.548. The predicted molar refractivity (Wildman–Crippen MR) is 118 cm³/mol. The highest BCUT2D eigenvalue weighted by atomic mass is 35.5. The molecule has 152 valence electrons. The summed E-state index contributed by atoms with van der Waals surface area (Å²) < 4.78 is 5.31. The Balaban J connectivity index is 1.12. The number of hydrogen-bond acceptors (Lipinski definition) is 6. The summed E-state index contributed by atoms with van der Waals surface area (Å²) in [6.07, 6.45) is 2.23. The van der Waals surface area contributed by atoms with Gasteiger partial charge in [-0.2, -0.15) is 4.98 Å². The average Bonchev–Trinajstić information content (AvgIpc) is 3.24. The molecule has 0 radical (unpaired) electrons. The van der Waals surface area contributed by atoms with Crippen LogP contribution in [0.1, 0.15) is 12.8 Å². The maximum Gasteiger partial charge on any atom is 0.263 e. The van der Waals surface area contributed by atoms with Gasteiger partial charge in [-0.25, -0.2) is 0 Å². The first-order chi connectivity index (χ1) is 14.3. The van der Waals surface area contributed by atoms with Crippen molar-refractivity contribution in [2.75, 3.05) is 49.5 Å². The van der Waals surface area contributed by atoms with Crippen molar-refractivity contribution < 1.29 is 4.52 Å². The smallest absolute Gasteiger partial charge is 0.263 e. The first kappa shape index (κ1) is 19.7. The maximum atomic E-state index is 5.98. The van der Waals surface area contributed by atoms with Crippen molar-refractivity contribution in [3.63, 3.8) is 0 Å². The third-order valence-electron chi connectivity index (χ3n) is 5.20. The number of aromatic nitrogens is 2. The minimum atomic E-state index is 0.548. The molecule has 0 atom stereocenters. The number of piperazine rings is 1. The molecule has 0 aliphatic carbocycles. The monoisotopic (exact) mass is 411 g/mol. The van der Waals surface area contributed by atoms with Gasteiger partial charge < -0.3 is 14.7 Å². The lowest BCUT2D eigenvalue weighted by Gasteiger charge is -2.36. The van der Waals surface area contributed by atoms with E-state index in [-0.39, 0.29) is 0 Å². The molecule has 7 heteroatoms. The van der Waals surface area contributed by atoms with E-state index in [2.05, 4.69) is 37.4 Å². The number of anilines is 2. The zero-order chi connectivity index (χ0) is 19.9. The second-order valence-corrected chi connectivity index (χ2v) is 7.66. The Kier molecular flexibility index (Phi) is 6.64. The fourth-order valence-corrected chi connectivity index (χ4v) is 3.66. The Morgan fingerprint density at radius 3 is 2.45 bits per heavy atom. The summed E-state index contributed by atoms with van der Waals surface area (Å²) in [5.41, 5.74) is 2.19. The summed E-state index contributed by atoms with van der Waals surface area (Å²) in [6.45, 7) is 6.29. The van der Waals surface area contributed by atoms with E-state index in [1.54, 1.807) is 0 Å². The molecule has 1 N–H and O–H groups in total. The average molecular weight is 412 g/mol. The largest absolute Gasteiger partial charge is 0.369 e. The summed E-state index contributed by atoms with van der Waals surface area (Å²) in [4.78, 5) is 9.36. The SMILES string of the molecule is Clc1ccc(N2CCN(CCCCNc3noc(-c4ccccc4)n3)CC2)cc1. The molecule has 0 saturated carbocycles. The van der Waals surface area contributed by atoms with Gasteiger partial charge in [0.25, 0.3) is 11.8 Å². The lowest BCUT2D eigenvalue weighted by atomic mass is 10.2. The van der Waals surface area contributed by atoms with Crippen LogP contribution in [0, 0.1) is 0 Å². The van der Waals surface area contributed by atoms with Crippen molar-refractivity contribution in [1.29, 1.82) is 0 Å². The van der Waals surface area contributed by atoms with Gasteiger partial charge in [-0.3, -0.25) is 4.90 Å². The van der Waals surface area contributed by atoms with E-state index in [0.29, 0.717) is 11.8 Å². The van der Waals surface area contributed by atoms with Gasteiger partial charge in [0.05, 0.1) is 0 Å². The molecule has 1 aromatic heterocycles. The van der Waals surface area contributed by atoms with Crippen LogP contribution in [0.2, 0.25) is 5.02 Å².